The molecule has 1 N–H and O–H groups in total. The van der Waals surface area contributed by atoms with Crippen LogP contribution >= 0.6 is 15.9 Å². The molecule has 0 bridgehead atoms. The second-order valence-corrected chi connectivity index (χ2v) is 8.29. The van der Waals surface area contributed by atoms with Crippen molar-refractivity contribution in [3.8, 4) is 11.5 Å². The Morgan fingerprint density at radius 1 is 1.10 bits per heavy atom. The van der Waals surface area contributed by atoms with Gasteiger partial charge in [-0.3, -0.25) is 0 Å². The molecular weight excluding hydrogens is 459 g/mol. The summed E-state index contributed by atoms with van der Waals surface area (Å²) in [5.41, 5.74) is 7.44. The summed E-state index contributed by atoms with van der Waals surface area (Å²) >= 11 is 3.57. The molecule has 0 saturated carbocycles. The number of hydrogen-bond donors (Lipinski definition) is 1. The molecule has 0 spiro atoms. The fourth-order valence-electron chi connectivity index (χ4n) is 3.87. The first-order valence-corrected chi connectivity index (χ1v) is 10.7. The molecule has 31 heavy (non-hydrogen) atoms. The van der Waals surface area contributed by atoms with Crippen molar-refractivity contribution in [1.29, 1.82) is 0 Å². The van der Waals surface area contributed by atoms with Gasteiger partial charge in [-0.2, -0.15) is 5.01 Å². The van der Waals surface area contributed by atoms with Crippen LogP contribution in [0, 0.1) is 5.82 Å². The highest BCUT2D eigenvalue weighted by Crippen LogP contribution is 2.46. The number of nitrogens with one attached hydrogen (secondary N) is 1. The molecule has 0 aliphatic carbocycles. The van der Waals surface area contributed by atoms with E-state index in [-0.39, 0.29) is 11.9 Å². The Morgan fingerprint density at radius 3 is 2.61 bits per heavy atom. The maximum absolute atomic E-state index is 13.5. The first kappa shape index (κ1) is 19.8. The van der Waals surface area contributed by atoms with Crippen LogP contribution in [0.1, 0.15) is 29.0 Å². The van der Waals surface area contributed by atoms with Crippen LogP contribution in [-0.2, 0) is 0 Å². The number of nitrogens with zero attached hydrogens (tertiary/aromatic N) is 1. The minimum Gasteiger partial charge on any atom is -0.490 e. The standard InChI is InChI=1S/C25H20BrFN2O2/c1-2-13-30-20-10-5-16(6-11-20)22-15-23-21-14-18(26)7-12-24(21)31-25(29(23)28-22)17-3-8-19(27)9-4-17/h2-12,14-15,23,25,28H,1,13H2/t23-,25+/m1/s1. The summed E-state index contributed by atoms with van der Waals surface area (Å²) < 4.78 is 26.4. The van der Waals surface area contributed by atoms with Gasteiger partial charge in [0.1, 0.15) is 23.9 Å². The molecule has 0 amide bonds. The molecule has 0 saturated heterocycles. The van der Waals surface area contributed by atoms with Gasteiger partial charge in [0.05, 0.1) is 11.7 Å². The Kier molecular flexibility index (Phi) is 5.26. The molecule has 6 heteroatoms. The van der Waals surface area contributed by atoms with Gasteiger partial charge in [-0.1, -0.05) is 40.7 Å². The molecular formula is C25H20BrFN2O2. The van der Waals surface area contributed by atoms with Gasteiger partial charge in [0.15, 0.2) is 6.23 Å². The summed E-state index contributed by atoms with van der Waals surface area (Å²) in [5.74, 6) is 1.33. The Balaban J connectivity index is 1.50. The van der Waals surface area contributed by atoms with E-state index >= 15 is 0 Å². The van der Waals surface area contributed by atoms with Gasteiger partial charge in [-0.05, 0) is 66.2 Å². The van der Waals surface area contributed by atoms with Gasteiger partial charge in [-0.15, -0.1) is 0 Å². The summed E-state index contributed by atoms with van der Waals surface area (Å²) in [6, 6.07) is 20.3. The molecule has 5 rings (SSSR count). The topological polar surface area (TPSA) is 33.7 Å². The van der Waals surface area contributed by atoms with Crippen LogP contribution in [0.25, 0.3) is 5.70 Å². The zero-order chi connectivity index (χ0) is 21.4. The molecule has 3 aromatic rings. The summed E-state index contributed by atoms with van der Waals surface area (Å²) in [4.78, 5) is 0. The van der Waals surface area contributed by atoms with Gasteiger partial charge in [0, 0.05) is 15.6 Å². The van der Waals surface area contributed by atoms with Crippen LogP contribution < -0.4 is 14.9 Å². The monoisotopic (exact) mass is 478 g/mol. The molecule has 2 heterocycles. The third kappa shape index (κ3) is 3.84. The van der Waals surface area contributed by atoms with Crippen LogP contribution in [0.5, 0.6) is 11.5 Å². The number of hydrazine groups is 1. The summed E-state index contributed by atoms with van der Waals surface area (Å²) in [7, 11) is 0. The van der Waals surface area contributed by atoms with E-state index < -0.39 is 6.23 Å². The average molecular weight is 479 g/mol. The van der Waals surface area contributed by atoms with Crippen molar-refractivity contribution in [2.45, 2.75) is 12.3 Å². The second kappa shape index (κ2) is 8.21. The Hall–Kier alpha value is -3.09. The van der Waals surface area contributed by atoms with E-state index in [0.29, 0.717) is 6.61 Å². The van der Waals surface area contributed by atoms with E-state index in [4.69, 9.17) is 9.47 Å². The third-order valence-electron chi connectivity index (χ3n) is 5.34. The normalized spacial score (nSPS) is 19.5. The lowest BCUT2D eigenvalue weighted by Gasteiger charge is -2.39. The highest BCUT2D eigenvalue weighted by molar-refractivity contribution is 9.10. The van der Waals surface area contributed by atoms with E-state index in [0.717, 1.165) is 38.4 Å². The maximum Gasteiger partial charge on any atom is 0.195 e. The van der Waals surface area contributed by atoms with Crippen LogP contribution in [0.3, 0.4) is 0 Å². The second-order valence-electron chi connectivity index (χ2n) is 7.37. The lowest BCUT2D eigenvalue weighted by Crippen LogP contribution is -2.43. The molecule has 3 aromatic carbocycles. The lowest BCUT2D eigenvalue weighted by molar-refractivity contribution is -0.0327. The van der Waals surface area contributed by atoms with Gasteiger partial charge < -0.3 is 14.9 Å². The van der Waals surface area contributed by atoms with Crippen molar-refractivity contribution in [2.75, 3.05) is 6.61 Å². The van der Waals surface area contributed by atoms with Gasteiger partial charge >= 0.3 is 0 Å². The summed E-state index contributed by atoms with van der Waals surface area (Å²) in [6.07, 6.45) is 3.50. The van der Waals surface area contributed by atoms with Crippen LogP contribution in [0.2, 0.25) is 0 Å². The number of benzene rings is 3. The van der Waals surface area contributed by atoms with Crippen molar-refractivity contribution < 1.29 is 13.9 Å². The van der Waals surface area contributed by atoms with Crippen molar-refractivity contribution in [3.63, 3.8) is 0 Å². The number of hydrogen-bond acceptors (Lipinski definition) is 4. The van der Waals surface area contributed by atoms with E-state index in [9.17, 15) is 4.39 Å². The highest BCUT2D eigenvalue weighted by Gasteiger charge is 2.40. The molecule has 0 fully saturated rings. The fourth-order valence-corrected chi connectivity index (χ4v) is 4.24. The molecule has 2 aliphatic heterocycles. The Bertz CT molecular complexity index is 1150. The number of fused-ring (bicyclic) bond motifs is 3. The Morgan fingerprint density at radius 2 is 1.87 bits per heavy atom. The van der Waals surface area contributed by atoms with Crippen molar-refractivity contribution in [1.82, 2.24) is 10.4 Å². The van der Waals surface area contributed by atoms with E-state index in [1.54, 1.807) is 18.2 Å². The minimum absolute atomic E-state index is 0.0389. The zero-order valence-corrected chi connectivity index (χ0v) is 18.2. The van der Waals surface area contributed by atoms with Crippen molar-refractivity contribution >= 4 is 21.6 Å². The molecule has 0 aromatic heterocycles. The van der Waals surface area contributed by atoms with E-state index in [1.165, 1.54) is 12.1 Å². The molecule has 4 nitrogen and oxygen atoms in total. The molecule has 2 atom stereocenters. The van der Waals surface area contributed by atoms with Gasteiger partial charge in [0.25, 0.3) is 0 Å². The number of ether oxygens (including phenoxy) is 2. The summed E-state index contributed by atoms with van der Waals surface area (Å²) in [5, 5.41) is 2.06. The highest BCUT2D eigenvalue weighted by atomic mass is 79.9. The fraction of sp³-hybridized carbons (Fsp3) is 0.120. The largest absolute Gasteiger partial charge is 0.490 e. The van der Waals surface area contributed by atoms with Crippen molar-refractivity contribution in [3.05, 3.63) is 112 Å². The average Bonchev–Trinajstić information content (AvgIpc) is 3.24. The van der Waals surface area contributed by atoms with Crippen LogP contribution in [-0.4, -0.2) is 11.6 Å². The minimum atomic E-state index is -0.400. The quantitative estimate of drug-likeness (QED) is 0.446. The predicted octanol–water partition coefficient (Wildman–Crippen LogP) is 6.15. The summed E-state index contributed by atoms with van der Waals surface area (Å²) in [6.45, 7) is 4.14. The molecule has 2 aliphatic rings. The Labute approximate surface area is 188 Å². The predicted molar refractivity (Wildman–Crippen MR) is 122 cm³/mol. The maximum atomic E-state index is 13.5. The SMILES string of the molecule is C=CCOc1ccc(C2=C[C@@H]3c4cc(Br)ccc4O[C@@H](c4ccc(F)cc4)N3N2)cc1. The lowest BCUT2D eigenvalue weighted by atomic mass is 10.0. The molecule has 0 radical (unpaired) electrons. The van der Waals surface area contributed by atoms with Gasteiger partial charge in [-0.25, -0.2) is 4.39 Å². The van der Waals surface area contributed by atoms with Crippen LogP contribution in [0.4, 0.5) is 4.39 Å². The van der Waals surface area contributed by atoms with Crippen molar-refractivity contribution in [2.24, 2.45) is 0 Å². The smallest absolute Gasteiger partial charge is 0.195 e. The first-order valence-electron chi connectivity index (χ1n) is 9.95. The molecule has 0 unspecified atom stereocenters. The number of rotatable bonds is 5. The third-order valence-corrected chi connectivity index (χ3v) is 5.84. The van der Waals surface area contributed by atoms with E-state index in [1.807, 2.05) is 36.4 Å². The van der Waals surface area contributed by atoms with E-state index in [2.05, 4.69) is 45.1 Å². The molecule has 156 valence electrons. The first-order chi connectivity index (χ1) is 15.1. The number of halogens is 2. The zero-order valence-electron chi connectivity index (χ0n) is 16.6. The van der Waals surface area contributed by atoms with Gasteiger partial charge in [0.2, 0.25) is 0 Å². The van der Waals surface area contributed by atoms with Crippen LogP contribution in [0.15, 0.2) is 89.9 Å².